The molecule has 0 saturated carbocycles. The summed E-state index contributed by atoms with van der Waals surface area (Å²) in [5, 5.41) is 0. The van der Waals surface area contributed by atoms with Crippen LogP contribution in [0, 0.1) is 6.92 Å². The van der Waals surface area contributed by atoms with Gasteiger partial charge >= 0.3 is 0 Å². The highest BCUT2D eigenvalue weighted by Gasteiger charge is 1.86. The summed E-state index contributed by atoms with van der Waals surface area (Å²) in [7, 11) is 1.28. The lowest BCUT2D eigenvalue weighted by Gasteiger charge is -1.90. The van der Waals surface area contributed by atoms with Crippen molar-refractivity contribution in [1.82, 2.24) is 0 Å². The van der Waals surface area contributed by atoms with Crippen molar-refractivity contribution in [1.29, 1.82) is 0 Å². The Labute approximate surface area is 59.2 Å². The van der Waals surface area contributed by atoms with Crippen molar-refractivity contribution in [2.75, 3.05) is 0 Å². The van der Waals surface area contributed by atoms with Gasteiger partial charge in [-0.1, -0.05) is 20.3 Å². The lowest BCUT2D eigenvalue weighted by Crippen LogP contribution is -1.64. The van der Waals surface area contributed by atoms with E-state index >= 15 is 0 Å². The molecule has 0 spiro atoms. The fraction of sp³-hybridized carbons (Fsp3) is 0.167. The predicted molar refractivity (Wildman–Crippen MR) is 41.4 cm³/mol. The fourth-order valence-corrected chi connectivity index (χ4v) is 1.53. The lowest BCUT2D eigenvalue weighted by atomic mass is 10.4. The van der Waals surface area contributed by atoms with Gasteiger partial charge < -0.3 is 0 Å². The van der Waals surface area contributed by atoms with Crippen molar-refractivity contribution in [3.8, 4) is 0 Å². The van der Waals surface area contributed by atoms with Crippen molar-refractivity contribution < 1.29 is 0 Å². The molecule has 0 N–H and O–H groups in total. The highest BCUT2D eigenvalue weighted by molar-refractivity contribution is 9.11. The molecular formula is C6H6BrP. The maximum Gasteiger partial charge on any atom is 0.0476 e. The molecule has 0 aliphatic heterocycles. The first-order valence-corrected chi connectivity index (χ1v) is 4.13. The monoisotopic (exact) mass is 188 g/mol. The Morgan fingerprint density at radius 3 is 2.75 bits per heavy atom. The quantitative estimate of drug-likeness (QED) is 0.587. The summed E-state index contributed by atoms with van der Waals surface area (Å²) in [6, 6.07) is 4.17. The first kappa shape index (κ1) is 6.25. The van der Waals surface area contributed by atoms with E-state index in [1.165, 1.54) is 18.0 Å². The van der Waals surface area contributed by atoms with E-state index in [0.717, 1.165) is 0 Å². The van der Waals surface area contributed by atoms with Crippen LogP contribution in [0.2, 0.25) is 0 Å². The van der Waals surface area contributed by atoms with Crippen molar-refractivity contribution in [3.63, 3.8) is 0 Å². The zero-order chi connectivity index (χ0) is 5.98. The summed E-state index contributed by atoms with van der Waals surface area (Å²) < 4.78 is 1.28. The van der Waals surface area contributed by atoms with E-state index in [1.54, 1.807) is 0 Å². The molecule has 1 aromatic heterocycles. The Balaban J connectivity index is 3.13. The van der Waals surface area contributed by atoms with Crippen LogP contribution in [0.25, 0.3) is 0 Å². The molecule has 0 bridgehead atoms. The van der Waals surface area contributed by atoms with Crippen molar-refractivity contribution in [2.24, 2.45) is 0 Å². The molecule has 1 heterocycles. The van der Waals surface area contributed by atoms with E-state index in [4.69, 9.17) is 0 Å². The Morgan fingerprint density at radius 2 is 2.38 bits per heavy atom. The Bertz CT molecular complexity index is 165. The molecule has 0 radical (unpaired) electrons. The summed E-state index contributed by atoms with van der Waals surface area (Å²) in [5.41, 5.74) is 1.33. The number of rotatable bonds is 0. The highest BCUT2D eigenvalue weighted by atomic mass is 79.9. The van der Waals surface area contributed by atoms with Gasteiger partial charge in [0.2, 0.25) is 0 Å². The van der Waals surface area contributed by atoms with Gasteiger partial charge in [0.05, 0.1) is 0 Å². The molecule has 0 unspecified atom stereocenters. The molecule has 1 aromatic rings. The summed E-state index contributed by atoms with van der Waals surface area (Å²) in [6.45, 7) is 2.10. The van der Waals surface area contributed by atoms with Crippen molar-refractivity contribution in [3.05, 3.63) is 27.7 Å². The van der Waals surface area contributed by atoms with Crippen LogP contribution in [0.15, 0.2) is 22.1 Å². The Morgan fingerprint density at radius 1 is 1.62 bits per heavy atom. The largest absolute Gasteiger partial charge is 0.0605 e. The van der Waals surface area contributed by atoms with Gasteiger partial charge in [0, 0.05) is 4.20 Å². The molecule has 0 saturated heterocycles. The second-order valence-electron chi connectivity index (χ2n) is 1.61. The van der Waals surface area contributed by atoms with Gasteiger partial charge in [-0.15, -0.1) is 0 Å². The molecule has 2 heteroatoms. The third-order valence-electron chi connectivity index (χ3n) is 0.946. The van der Waals surface area contributed by atoms with E-state index in [1.807, 2.05) is 0 Å². The van der Waals surface area contributed by atoms with E-state index in [9.17, 15) is 0 Å². The molecule has 42 valence electrons. The molecule has 0 fully saturated rings. The average Bonchev–Trinajstić information content (AvgIpc) is 1.77. The normalized spacial score (nSPS) is 10.2. The number of aryl methyl sites for hydroxylation is 1. The Kier molecular flexibility index (Phi) is 2.04. The average molecular weight is 189 g/mol. The van der Waals surface area contributed by atoms with Crippen LogP contribution < -0.4 is 0 Å². The molecule has 8 heavy (non-hydrogen) atoms. The zero-order valence-electron chi connectivity index (χ0n) is 4.56. The second-order valence-corrected chi connectivity index (χ2v) is 4.02. The van der Waals surface area contributed by atoms with Gasteiger partial charge in [-0.25, -0.2) is 0 Å². The van der Waals surface area contributed by atoms with E-state index in [2.05, 4.69) is 40.8 Å². The second kappa shape index (κ2) is 2.61. The van der Waals surface area contributed by atoms with Crippen LogP contribution in [0.3, 0.4) is 0 Å². The molecular weight excluding hydrogens is 183 g/mol. The maximum atomic E-state index is 3.44. The molecule has 0 aliphatic rings. The van der Waals surface area contributed by atoms with Crippen molar-refractivity contribution in [2.45, 2.75) is 6.92 Å². The fourth-order valence-electron chi connectivity index (χ4n) is 0.466. The standard InChI is InChI=1S/C6H6BrP/c1-5-3-2-4-8-6(5)7/h2-4H,1H3. The van der Waals surface area contributed by atoms with Crippen LogP contribution >= 0.6 is 24.1 Å². The lowest BCUT2D eigenvalue weighted by molar-refractivity contribution is 1.50. The van der Waals surface area contributed by atoms with Gasteiger partial charge in [0.15, 0.2) is 0 Å². The SMILES string of the molecule is Cc1cccpc1Br. The van der Waals surface area contributed by atoms with Gasteiger partial charge in [0.25, 0.3) is 0 Å². The topological polar surface area (TPSA) is 0 Å². The van der Waals surface area contributed by atoms with E-state index in [0.29, 0.717) is 0 Å². The van der Waals surface area contributed by atoms with Crippen LogP contribution in [-0.2, 0) is 0 Å². The first-order chi connectivity index (χ1) is 3.80. The molecule has 0 nitrogen and oxygen atoms in total. The van der Waals surface area contributed by atoms with Crippen molar-refractivity contribution >= 4 is 24.1 Å². The summed E-state index contributed by atoms with van der Waals surface area (Å²) in [6.07, 6.45) is 0. The summed E-state index contributed by atoms with van der Waals surface area (Å²) in [4.78, 5) is 0. The van der Waals surface area contributed by atoms with Gasteiger partial charge in [-0.2, -0.15) is 0 Å². The maximum absolute atomic E-state index is 3.44. The van der Waals surface area contributed by atoms with Crippen LogP contribution in [0.4, 0.5) is 0 Å². The third kappa shape index (κ3) is 1.30. The first-order valence-electron chi connectivity index (χ1n) is 2.38. The molecule has 0 aromatic carbocycles. The smallest absolute Gasteiger partial charge is 0.0476 e. The number of hydrogen-bond acceptors (Lipinski definition) is 0. The van der Waals surface area contributed by atoms with Crippen LogP contribution in [0.5, 0.6) is 0 Å². The molecule has 1 rings (SSSR count). The predicted octanol–water partition coefficient (Wildman–Crippen LogP) is 3.34. The highest BCUT2D eigenvalue weighted by Crippen LogP contribution is 2.23. The van der Waals surface area contributed by atoms with Gasteiger partial charge in [0.1, 0.15) is 0 Å². The summed E-state index contributed by atoms with van der Waals surface area (Å²) in [5.74, 6) is 2.11. The van der Waals surface area contributed by atoms with Gasteiger partial charge in [-0.3, -0.25) is 0 Å². The minimum absolute atomic E-state index is 1.28. The number of halogens is 1. The molecule has 0 atom stereocenters. The summed E-state index contributed by atoms with van der Waals surface area (Å²) >= 11 is 3.44. The molecule has 0 aliphatic carbocycles. The minimum atomic E-state index is 1.28. The van der Waals surface area contributed by atoms with Gasteiger partial charge in [-0.05, 0) is 34.2 Å². The third-order valence-corrected chi connectivity index (χ3v) is 3.09. The van der Waals surface area contributed by atoms with Crippen LogP contribution in [-0.4, -0.2) is 0 Å². The molecule has 0 amide bonds. The van der Waals surface area contributed by atoms with E-state index in [-0.39, 0.29) is 0 Å². The van der Waals surface area contributed by atoms with E-state index < -0.39 is 0 Å². The Hall–Kier alpha value is 0.130. The minimum Gasteiger partial charge on any atom is -0.0605 e. The zero-order valence-corrected chi connectivity index (χ0v) is 7.04. The number of hydrogen-bond donors (Lipinski definition) is 0. The van der Waals surface area contributed by atoms with Crippen LogP contribution in [0.1, 0.15) is 5.56 Å².